The summed E-state index contributed by atoms with van der Waals surface area (Å²) in [7, 11) is 0. The average molecular weight is 665 g/mol. The number of hydrogen-bond donors (Lipinski definition) is 0. The van der Waals surface area contributed by atoms with Gasteiger partial charge in [-0.1, -0.05) is 52.4 Å². The largest absolute Gasteiger partial charge is 0.494 e. The van der Waals surface area contributed by atoms with Gasteiger partial charge in [-0.15, -0.1) is 0 Å². The highest BCUT2D eigenvalue weighted by molar-refractivity contribution is 5.98. The molecule has 2 aromatic carbocycles. The highest BCUT2D eigenvalue weighted by atomic mass is 16.5. The highest BCUT2D eigenvalue weighted by Gasteiger charge is 2.26. The summed E-state index contributed by atoms with van der Waals surface area (Å²) in [4.78, 5) is 32.4. The molecule has 0 saturated carbocycles. The number of morpholine rings is 2. The summed E-state index contributed by atoms with van der Waals surface area (Å²) in [5.41, 5.74) is 1.49. The molecule has 0 radical (unpaired) electrons. The van der Waals surface area contributed by atoms with Crippen molar-refractivity contribution in [2.24, 2.45) is 11.8 Å². The van der Waals surface area contributed by atoms with Gasteiger partial charge in [0.2, 0.25) is 0 Å². The number of carbonyl (C=O) groups excluding carboxylic acids is 2. The maximum Gasteiger partial charge on any atom is 0.167 e. The van der Waals surface area contributed by atoms with Crippen LogP contribution in [0.5, 0.6) is 11.5 Å². The Hall–Kier alpha value is -2.78. The summed E-state index contributed by atoms with van der Waals surface area (Å²) < 4.78 is 22.9. The van der Waals surface area contributed by atoms with E-state index < -0.39 is 0 Å². The first-order chi connectivity index (χ1) is 23.6. The molecule has 8 nitrogen and oxygen atoms in total. The Kier molecular flexibility index (Phi) is 17.5. The van der Waals surface area contributed by atoms with Crippen molar-refractivity contribution in [3.8, 4) is 11.5 Å². The lowest BCUT2D eigenvalue weighted by molar-refractivity contribution is 0.0283. The fourth-order valence-electron chi connectivity index (χ4n) is 6.57. The van der Waals surface area contributed by atoms with Gasteiger partial charge in [-0.3, -0.25) is 19.4 Å². The second kappa shape index (κ2) is 22.0. The lowest BCUT2D eigenvalue weighted by atomic mass is 9.88. The lowest BCUT2D eigenvalue weighted by Gasteiger charge is -2.31. The van der Waals surface area contributed by atoms with Crippen LogP contribution in [0.3, 0.4) is 0 Å². The average Bonchev–Trinajstić information content (AvgIpc) is 3.13. The van der Waals surface area contributed by atoms with E-state index in [1.165, 1.54) is 0 Å². The number of hydrogen-bond acceptors (Lipinski definition) is 8. The molecule has 0 unspecified atom stereocenters. The molecule has 2 atom stereocenters. The maximum absolute atomic E-state index is 13.9. The quantitative estimate of drug-likeness (QED) is 0.0902. The Labute approximate surface area is 289 Å². The zero-order valence-electron chi connectivity index (χ0n) is 29.7. The van der Waals surface area contributed by atoms with Crippen LogP contribution in [0.4, 0.5) is 0 Å². The molecule has 0 amide bonds. The fourth-order valence-corrected chi connectivity index (χ4v) is 6.57. The smallest absolute Gasteiger partial charge is 0.167 e. The number of Topliss-reactive ketones (excluding diaryl/α,β-unsaturated/α-hetero) is 2. The first-order valence-electron chi connectivity index (χ1n) is 18.7. The monoisotopic (exact) mass is 664 g/mol. The number of ketones is 2. The molecule has 48 heavy (non-hydrogen) atoms. The standard InChI is InChI=1S/C40H60N2O6/c1-3-5-9-25-47-37-17-13-33(14-18-37)39(43)35(31-41-21-27-45-28-22-41)11-7-8-12-36(32-42-23-29-46-30-24-42)40(44)34-15-19-38(20-16-34)48-26-10-6-4-2/h13-20,35-36H,3-12,21-32H2,1-2H3/t35-,36-/m0/s1. The molecule has 2 aromatic rings. The number of benzene rings is 2. The molecule has 4 rings (SSSR count). The minimum atomic E-state index is -0.0994. The molecule has 2 aliphatic rings. The molecule has 0 aromatic heterocycles. The van der Waals surface area contributed by atoms with Crippen LogP contribution in [0.1, 0.15) is 98.8 Å². The zero-order chi connectivity index (χ0) is 33.8. The van der Waals surface area contributed by atoms with Crippen LogP contribution in [0.15, 0.2) is 48.5 Å². The molecular weight excluding hydrogens is 604 g/mol. The summed E-state index contributed by atoms with van der Waals surface area (Å²) >= 11 is 0. The molecule has 0 N–H and O–H groups in total. The van der Waals surface area contributed by atoms with E-state index in [4.69, 9.17) is 18.9 Å². The van der Waals surface area contributed by atoms with Crippen LogP contribution in [0.25, 0.3) is 0 Å². The minimum absolute atomic E-state index is 0.0994. The second-order valence-corrected chi connectivity index (χ2v) is 13.4. The van der Waals surface area contributed by atoms with Crippen molar-refractivity contribution < 1.29 is 28.5 Å². The summed E-state index contributed by atoms with van der Waals surface area (Å²) in [6.45, 7) is 13.5. The molecule has 2 aliphatic heterocycles. The predicted molar refractivity (Wildman–Crippen MR) is 192 cm³/mol. The van der Waals surface area contributed by atoms with Crippen molar-refractivity contribution in [1.82, 2.24) is 9.80 Å². The summed E-state index contributed by atoms with van der Waals surface area (Å²) in [6.07, 6.45) is 10.1. The van der Waals surface area contributed by atoms with E-state index in [1.54, 1.807) is 0 Å². The highest BCUT2D eigenvalue weighted by Crippen LogP contribution is 2.24. The van der Waals surface area contributed by atoms with Gasteiger partial charge in [-0.25, -0.2) is 0 Å². The number of unbranched alkanes of at least 4 members (excludes halogenated alkanes) is 5. The number of ether oxygens (including phenoxy) is 4. The van der Waals surface area contributed by atoms with Crippen LogP contribution in [-0.2, 0) is 9.47 Å². The van der Waals surface area contributed by atoms with Crippen molar-refractivity contribution in [2.45, 2.75) is 78.1 Å². The van der Waals surface area contributed by atoms with Crippen molar-refractivity contribution in [2.75, 3.05) is 78.9 Å². The molecule has 0 aliphatic carbocycles. The third-order valence-electron chi connectivity index (χ3n) is 9.57. The zero-order valence-corrected chi connectivity index (χ0v) is 29.7. The second-order valence-electron chi connectivity index (χ2n) is 13.4. The molecule has 266 valence electrons. The molecule has 8 heteroatoms. The molecule has 0 bridgehead atoms. The van der Waals surface area contributed by atoms with Crippen LogP contribution in [0, 0.1) is 11.8 Å². The first kappa shape index (κ1) is 38.0. The fraction of sp³-hybridized carbons (Fsp3) is 0.650. The topological polar surface area (TPSA) is 77.5 Å². The lowest BCUT2D eigenvalue weighted by Crippen LogP contribution is -2.41. The Bertz CT molecular complexity index is 1080. The number of nitrogens with zero attached hydrogens (tertiary/aromatic N) is 2. The maximum atomic E-state index is 13.9. The summed E-state index contributed by atoms with van der Waals surface area (Å²) in [6, 6.07) is 15.4. The Balaban J connectivity index is 1.35. The van der Waals surface area contributed by atoms with E-state index in [0.29, 0.717) is 39.6 Å². The van der Waals surface area contributed by atoms with Crippen LogP contribution in [-0.4, -0.2) is 100 Å². The van der Waals surface area contributed by atoms with Crippen LogP contribution in [0.2, 0.25) is 0 Å². The van der Waals surface area contributed by atoms with Crippen molar-refractivity contribution in [1.29, 1.82) is 0 Å². The van der Waals surface area contributed by atoms with Crippen molar-refractivity contribution >= 4 is 11.6 Å². The third-order valence-corrected chi connectivity index (χ3v) is 9.57. The Morgan fingerprint density at radius 1 is 0.583 bits per heavy atom. The first-order valence-corrected chi connectivity index (χ1v) is 18.7. The molecule has 0 spiro atoms. The minimum Gasteiger partial charge on any atom is -0.494 e. The number of carbonyl (C=O) groups is 2. The third kappa shape index (κ3) is 13.3. The van der Waals surface area contributed by atoms with Gasteiger partial charge >= 0.3 is 0 Å². The van der Waals surface area contributed by atoms with Crippen molar-refractivity contribution in [3.63, 3.8) is 0 Å². The van der Waals surface area contributed by atoms with Gasteiger partial charge in [-0.2, -0.15) is 0 Å². The summed E-state index contributed by atoms with van der Waals surface area (Å²) in [5, 5.41) is 0. The van der Waals surface area contributed by atoms with Gasteiger partial charge < -0.3 is 18.9 Å². The normalized spacial score (nSPS) is 17.1. The van der Waals surface area contributed by atoms with E-state index in [0.717, 1.165) is 126 Å². The van der Waals surface area contributed by atoms with E-state index in [2.05, 4.69) is 23.6 Å². The SMILES string of the molecule is CCCCCOc1ccc(C(=O)[C@@H](CCCC[C@@H](CN2CCOCC2)C(=O)c2ccc(OCCCCC)cc2)CN2CCOCC2)cc1. The predicted octanol–water partition coefficient (Wildman–Crippen LogP) is 7.35. The van der Waals surface area contributed by atoms with Crippen LogP contribution >= 0.6 is 0 Å². The molecule has 2 heterocycles. The van der Waals surface area contributed by atoms with E-state index in [1.807, 2.05) is 48.5 Å². The Morgan fingerprint density at radius 2 is 0.958 bits per heavy atom. The Morgan fingerprint density at radius 3 is 1.31 bits per heavy atom. The van der Waals surface area contributed by atoms with Gasteiger partial charge in [0.1, 0.15) is 11.5 Å². The van der Waals surface area contributed by atoms with Crippen molar-refractivity contribution in [3.05, 3.63) is 59.7 Å². The van der Waals surface area contributed by atoms with E-state index in [-0.39, 0.29) is 23.4 Å². The molecule has 2 saturated heterocycles. The van der Waals surface area contributed by atoms with Crippen LogP contribution < -0.4 is 9.47 Å². The van der Waals surface area contributed by atoms with E-state index >= 15 is 0 Å². The molecule has 2 fully saturated rings. The molecular formula is C40H60N2O6. The van der Waals surface area contributed by atoms with E-state index in [9.17, 15) is 9.59 Å². The van der Waals surface area contributed by atoms with Gasteiger partial charge in [0.25, 0.3) is 0 Å². The number of rotatable bonds is 23. The van der Waals surface area contributed by atoms with Gasteiger partial charge in [0.15, 0.2) is 11.6 Å². The van der Waals surface area contributed by atoms with Gasteiger partial charge in [0, 0.05) is 62.2 Å². The van der Waals surface area contributed by atoms with Gasteiger partial charge in [0.05, 0.1) is 39.6 Å². The van der Waals surface area contributed by atoms with Gasteiger partial charge in [-0.05, 0) is 74.2 Å². The summed E-state index contributed by atoms with van der Waals surface area (Å²) in [5.74, 6) is 1.82.